The standard InChI is InChI=1S/C22H22N4O4/c1-2-29-21(27)16-8-12-18(13-9-16)24-22(28)23-17-10-6-14(7-11-17)19-25-20(30-26-19)15-4-3-5-15/h6-13,15H,2-5H2,1H3,(H2,23,24,28). The van der Waals surface area contributed by atoms with Gasteiger partial charge in [-0.25, -0.2) is 9.59 Å². The summed E-state index contributed by atoms with van der Waals surface area (Å²) in [7, 11) is 0. The van der Waals surface area contributed by atoms with E-state index in [0.29, 0.717) is 41.2 Å². The third-order valence-electron chi connectivity index (χ3n) is 4.95. The molecule has 0 bridgehead atoms. The summed E-state index contributed by atoms with van der Waals surface area (Å²) >= 11 is 0. The fourth-order valence-electron chi connectivity index (χ4n) is 3.07. The number of amides is 2. The highest BCUT2D eigenvalue weighted by molar-refractivity contribution is 6.00. The van der Waals surface area contributed by atoms with Crippen molar-refractivity contribution in [2.45, 2.75) is 32.1 Å². The van der Waals surface area contributed by atoms with E-state index in [1.807, 2.05) is 12.1 Å². The van der Waals surface area contributed by atoms with Gasteiger partial charge in [-0.2, -0.15) is 4.98 Å². The normalized spacial score (nSPS) is 13.4. The van der Waals surface area contributed by atoms with E-state index in [-0.39, 0.29) is 0 Å². The summed E-state index contributed by atoms with van der Waals surface area (Å²) in [5.74, 6) is 1.25. The first-order chi connectivity index (χ1) is 14.6. The number of carbonyl (C=O) groups excluding carboxylic acids is 2. The summed E-state index contributed by atoms with van der Waals surface area (Å²) < 4.78 is 10.3. The Hall–Kier alpha value is -3.68. The predicted octanol–water partition coefficient (Wildman–Crippen LogP) is 4.82. The number of nitrogens with zero attached hydrogens (tertiary/aromatic N) is 2. The van der Waals surface area contributed by atoms with Crippen LogP contribution < -0.4 is 10.6 Å². The van der Waals surface area contributed by atoms with Crippen LogP contribution in [0.1, 0.15) is 48.4 Å². The molecule has 0 radical (unpaired) electrons. The molecule has 1 aliphatic carbocycles. The third kappa shape index (κ3) is 4.48. The van der Waals surface area contributed by atoms with Crippen molar-refractivity contribution < 1.29 is 18.8 Å². The van der Waals surface area contributed by atoms with E-state index in [2.05, 4.69) is 20.8 Å². The topological polar surface area (TPSA) is 106 Å². The number of anilines is 2. The minimum absolute atomic E-state index is 0.314. The molecule has 2 aromatic carbocycles. The summed E-state index contributed by atoms with van der Waals surface area (Å²) in [6.07, 6.45) is 3.41. The number of rotatable bonds is 6. The summed E-state index contributed by atoms with van der Waals surface area (Å²) in [6, 6.07) is 13.3. The molecular weight excluding hydrogens is 384 g/mol. The lowest BCUT2D eigenvalue weighted by Gasteiger charge is -2.20. The van der Waals surface area contributed by atoms with E-state index in [4.69, 9.17) is 9.26 Å². The molecule has 0 aliphatic heterocycles. The van der Waals surface area contributed by atoms with Crippen molar-refractivity contribution in [2.24, 2.45) is 0 Å². The highest BCUT2D eigenvalue weighted by atomic mass is 16.5. The van der Waals surface area contributed by atoms with E-state index in [0.717, 1.165) is 18.4 Å². The van der Waals surface area contributed by atoms with E-state index in [1.165, 1.54) is 6.42 Å². The Morgan fingerprint density at radius 3 is 2.23 bits per heavy atom. The van der Waals surface area contributed by atoms with Crippen LogP contribution >= 0.6 is 0 Å². The smallest absolute Gasteiger partial charge is 0.338 e. The first kappa shape index (κ1) is 19.6. The molecule has 1 heterocycles. The van der Waals surface area contributed by atoms with Gasteiger partial charge in [0.15, 0.2) is 0 Å². The first-order valence-corrected chi connectivity index (χ1v) is 9.91. The number of carbonyl (C=O) groups is 2. The van der Waals surface area contributed by atoms with Crippen molar-refractivity contribution >= 4 is 23.4 Å². The molecule has 1 aromatic heterocycles. The summed E-state index contributed by atoms with van der Waals surface area (Å²) in [5, 5.41) is 9.53. The maximum absolute atomic E-state index is 12.2. The molecule has 8 nitrogen and oxygen atoms in total. The van der Waals surface area contributed by atoms with Gasteiger partial charge < -0.3 is 19.9 Å². The van der Waals surface area contributed by atoms with Crippen molar-refractivity contribution in [3.63, 3.8) is 0 Å². The molecule has 2 N–H and O–H groups in total. The van der Waals surface area contributed by atoms with E-state index < -0.39 is 12.0 Å². The van der Waals surface area contributed by atoms with Crippen LogP contribution in [0.15, 0.2) is 53.1 Å². The highest BCUT2D eigenvalue weighted by Crippen LogP contribution is 2.36. The minimum atomic E-state index is -0.394. The van der Waals surface area contributed by atoms with Gasteiger partial charge in [0.1, 0.15) is 0 Å². The van der Waals surface area contributed by atoms with Crippen LogP contribution in [0.25, 0.3) is 11.4 Å². The zero-order valence-corrected chi connectivity index (χ0v) is 16.6. The molecule has 1 aliphatic rings. The van der Waals surface area contributed by atoms with Crippen LogP contribution in [0.2, 0.25) is 0 Å². The zero-order chi connectivity index (χ0) is 20.9. The van der Waals surface area contributed by atoms with E-state index >= 15 is 0 Å². The lowest BCUT2D eigenvalue weighted by molar-refractivity contribution is 0.0526. The number of esters is 1. The SMILES string of the molecule is CCOC(=O)c1ccc(NC(=O)Nc2ccc(-c3noc(C4CCC4)n3)cc2)cc1. The van der Waals surface area contributed by atoms with Gasteiger partial charge >= 0.3 is 12.0 Å². The number of urea groups is 1. The molecule has 0 unspecified atom stereocenters. The third-order valence-corrected chi connectivity index (χ3v) is 4.95. The van der Waals surface area contributed by atoms with Crippen LogP contribution in [-0.4, -0.2) is 28.7 Å². The lowest BCUT2D eigenvalue weighted by atomic mass is 9.85. The van der Waals surface area contributed by atoms with Gasteiger partial charge in [0.2, 0.25) is 11.7 Å². The molecule has 2 amide bonds. The number of nitrogens with one attached hydrogen (secondary N) is 2. The number of hydrogen-bond donors (Lipinski definition) is 2. The molecule has 8 heteroatoms. The van der Waals surface area contributed by atoms with E-state index in [1.54, 1.807) is 43.3 Å². The Labute approximate surface area is 173 Å². The van der Waals surface area contributed by atoms with Gasteiger partial charge in [-0.05, 0) is 68.3 Å². The molecule has 154 valence electrons. The predicted molar refractivity (Wildman–Crippen MR) is 111 cm³/mol. The Kier molecular flexibility index (Phi) is 5.74. The molecular formula is C22H22N4O4. The van der Waals surface area contributed by atoms with Gasteiger partial charge in [-0.3, -0.25) is 0 Å². The quantitative estimate of drug-likeness (QED) is 0.568. The first-order valence-electron chi connectivity index (χ1n) is 9.91. The molecule has 0 atom stereocenters. The molecule has 3 aromatic rings. The maximum Gasteiger partial charge on any atom is 0.338 e. The largest absolute Gasteiger partial charge is 0.462 e. The Morgan fingerprint density at radius 1 is 1.03 bits per heavy atom. The Morgan fingerprint density at radius 2 is 1.67 bits per heavy atom. The average Bonchev–Trinajstić information content (AvgIpc) is 3.17. The number of hydrogen-bond acceptors (Lipinski definition) is 6. The van der Waals surface area contributed by atoms with Gasteiger partial charge in [-0.15, -0.1) is 0 Å². The molecule has 30 heavy (non-hydrogen) atoms. The van der Waals surface area contributed by atoms with Crippen molar-refractivity contribution in [1.82, 2.24) is 10.1 Å². The maximum atomic E-state index is 12.2. The van der Waals surface area contributed by atoms with Crippen molar-refractivity contribution in [2.75, 3.05) is 17.2 Å². The summed E-state index contributed by atoms with van der Waals surface area (Å²) in [5.41, 5.74) is 2.44. The Balaban J connectivity index is 1.33. The zero-order valence-electron chi connectivity index (χ0n) is 16.6. The fraction of sp³-hybridized carbons (Fsp3) is 0.273. The highest BCUT2D eigenvalue weighted by Gasteiger charge is 2.25. The van der Waals surface area contributed by atoms with Gasteiger partial charge in [0.25, 0.3) is 0 Å². The second-order valence-corrected chi connectivity index (χ2v) is 7.04. The number of benzene rings is 2. The van der Waals surface area contributed by atoms with Gasteiger partial charge in [0, 0.05) is 22.9 Å². The fourth-order valence-corrected chi connectivity index (χ4v) is 3.07. The lowest BCUT2D eigenvalue weighted by Crippen LogP contribution is -2.19. The molecule has 1 fully saturated rings. The summed E-state index contributed by atoms with van der Waals surface area (Å²) in [6.45, 7) is 2.06. The van der Waals surface area contributed by atoms with Crippen molar-refractivity contribution in [3.05, 3.63) is 60.0 Å². The molecule has 4 rings (SSSR count). The number of aromatic nitrogens is 2. The molecule has 0 saturated heterocycles. The van der Waals surface area contributed by atoms with Gasteiger partial charge in [0.05, 0.1) is 12.2 Å². The van der Waals surface area contributed by atoms with Crippen LogP contribution in [0.3, 0.4) is 0 Å². The molecule has 1 saturated carbocycles. The average molecular weight is 406 g/mol. The monoisotopic (exact) mass is 406 g/mol. The van der Waals surface area contributed by atoms with Gasteiger partial charge in [-0.1, -0.05) is 11.6 Å². The van der Waals surface area contributed by atoms with Crippen molar-refractivity contribution in [1.29, 1.82) is 0 Å². The van der Waals surface area contributed by atoms with Crippen molar-refractivity contribution in [3.8, 4) is 11.4 Å². The molecule has 0 spiro atoms. The second-order valence-electron chi connectivity index (χ2n) is 7.04. The Bertz CT molecular complexity index is 1020. The van der Waals surface area contributed by atoms with Crippen LogP contribution in [0, 0.1) is 0 Å². The number of ether oxygens (including phenoxy) is 1. The van der Waals surface area contributed by atoms with E-state index in [9.17, 15) is 9.59 Å². The van der Waals surface area contributed by atoms with Crippen LogP contribution in [0.4, 0.5) is 16.2 Å². The van der Waals surface area contributed by atoms with Crippen LogP contribution in [-0.2, 0) is 4.74 Å². The van der Waals surface area contributed by atoms with Crippen LogP contribution in [0.5, 0.6) is 0 Å². The summed E-state index contributed by atoms with van der Waals surface area (Å²) in [4.78, 5) is 28.4. The second kappa shape index (κ2) is 8.77. The minimum Gasteiger partial charge on any atom is -0.462 e.